The lowest BCUT2D eigenvalue weighted by Crippen LogP contribution is -2.00. The van der Waals surface area contributed by atoms with Gasteiger partial charge in [-0.25, -0.2) is 9.67 Å². The summed E-state index contributed by atoms with van der Waals surface area (Å²) in [7, 11) is 0. The van der Waals surface area contributed by atoms with Crippen LogP contribution in [0.3, 0.4) is 0 Å². The molecule has 0 atom stereocenters. The van der Waals surface area contributed by atoms with Gasteiger partial charge in [0.25, 0.3) is 0 Å². The standard InChI is InChI=1S/C12H10N4S/c1-2-4-10(5-3-1)12-14-11(9-17-12)8-16-7-6-13-15-16/h1-7,9H,8H2. The van der Waals surface area contributed by atoms with E-state index in [1.54, 1.807) is 22.2 Å². The van der Waals surface area contributed by atoms with Crippen LogP contribution in [0, 0.1) is 0 Å². The number of aromatic nitrogens is 4. The molecule has 0 spiro atoms. The van der Waals surface area contributed by atoms with E-state index in [9.17, 15) is 0 Å². The summed E-state index contributed by atoms with van der Waals surface area (Å²) >= 11 is 1.65. The maximum absolute atomic E-state index is 4.59. The van der Waals surface area contributed by atoms with Crippen molar-refractivity contribution in [3.8, 4) is 10.6 Å². The van der Waals surface area contributed by atoms with Gasteiger partial charge in [-0.15, -0.1) is 16.4 Å². The molecule has 84 valence electrons. The molecule has 3 aromatic rings. The molecule has 0 N–H and O–H groups in total. The van der Waals surface area contributed by atoms with Crippen LogP contribution in [0.15, 0.2) is 48.1 Å². The van der Waals surface area contributed by atoms with Crippen molar-refractivity contribution in [2.45, 2.75) is 6.54 Å². The van der Waals surface area contributed by atoms with Crippen LogP contribution in [-0.2, 0) is 6.54 Å². The molecule has 0 amide bonds. The molecule has 17 heavy (non-hydrogen) atoms. The van der Waals surface area contributed by atoms with Crippen molar-refractivity contribution in [1.29, 1.82) is 0 Å². The molecule has 0 aliphatic rings. The number of nitrogens with zero attached hydrogens (tertiary/aromatic N) is 4. The molecule has 0 saturated carbocycles. The average molecular weight is 242 g/mol. The maximum Gasteiger partial charge on any atom is 0.123 e. The first-order valence-electron chi connectivity index (χ1n) is 5.26. The third kappa shape index (κ3) is 2.24. The predicted octanol–water partition coefficient (Wildman–Crippen LogP) is 2.45. The van der Waals surface area contributed by atoms with Crippen molar-refractivity contribution >= 4 is 11.3 Å². The Kier molecular flexibility index (Phi) is 2.67. The molecule has 2 heterocycles. The third-order valence-corrected chi connectivity index (χ3v) is 3.31. The largest absolute Gasteiger partial charge is 0.247 e. The topological polar surface area (TPSA) is 43.6 Å². The fourth-order valence-electron chi connectivity index (χ4n) is 1.58. The summed E-state index contributed by atoms with van der Waals surface area (Å²) in [5.74, 6) is 0. The van der Waals surface area contributed by atoms with E-state index in [4.69, 9.17) is 0 Å². The van der Waals surface area contributed by atoms with Gasteiger partial charge in [0, 0.05) is 17.1 Å². The quantitative estimate of drug-likeness (QED) is 0.708. The van der Waals surface area contributed by atoms with Crippen molar-refractivity contribution in [2.24, 2.45) is 0 Å². The Morgan fingerprint density at radius 1 is 1.18 bits per heavy atom. The third-order valence-electron chi connectivity index (χ3n) is 2.37. The maximum atomic E-state index is 4.59. The first-order valence-corrected chi connectivity index (χ1v) is 6.14. The van der Waals surface area contributed by atoms with Crippen molar-refractivity contribution < 1.29 is 0 Å². The molecule has 0 radical (unpaired) electrons. The molecular formula is C12H10N4S. The van der Waals surface area contributed by atoms with Gasteiger partial charge in [0.1, 0.15) is 5.01 Å². The van der Waals surface area contributed by atoms with Gasteiger partial charge in [-0.3, -0.25) is 0 Å². The summed E-state index contributed by atoms with van der Waals surface area (Å²) in [6, 6.07) is 10.2. The Bertz CT molecular complexity index is 586. The number of benzene rings is 1. The molecule has 0 aliphatic heterocycles. The van der Waals surface area contributed by atoms with E-state index in [1.807, 2.05) is 24.4 Å². The van der Waals surface area contributed by atoms with Gasteiger partial charge >= 0.3 is 0 Å². The van der Waals surface area contributed by atoms with Crippen molar-refractivity contribution in [3.63, 3.8) is 0 Å². The fraction of sp³-hybridized carbons (Fsp3) is 0.0833. The highest BCUT2D eigenvalue weighted by molar-refractivity contribution is 7.13. The fourth-order valence-corrected chi connectivity index (χ4v) is 2.39. The molecule has 2 aromatic heterocycles. The van der Waals surface area contributed by atoms with Crippen LogP contribution in [0.25, 0.3) is 10.6 Å². The Morgan fingerprint density at radius 2 is 2.06 bits per heavy atom. The van der Waals surface area contributed by atoms with Gasteiger partial charge in [0.05, 0.1) is 18.4 Å². The molecule has 0 saturated heterocycles. The lowest BCUT2D eigenvalue weighted by Gasteiger charge is -1.96. The SMILES string of the molecule is c1ccc(-c2nc(Cn3ccnn3)cs2)cc1. The van der Waals surface area contributed by atoms with E-state index in [0.717, 1.165) is 16.3 Å². The molecule has 0 unspecified atom stereocenters. The number of thiazole rings is 1. The molecule has 0 bridgehead atoms. The van der Waals surface area contributed by atoms with Crippen LogP contribution in [-0.4, -0.2) is 20.0 Å². The lowest BCUT2D eigenvalue weighted by molar-refractivity contribution is 0.641. The van der Waals surface area contributed by atoms with Crippen LogP contribution in [0.4, 0.5) is 0 Å². The minimum atomic E-state index is 0.670. The van der Waals surface area contributed by atoms with Crippen LogP contribution >= 0.6 is 11.3 Å². The first-order chi connectivity index (χ1) is 8.42. The van der Waals surface area contributed by atoms with E-state index in [2.05, 4.69) is 32.8 Å². The average Bonchev–Trinajstić information content (AvgIpc) is 3.02. The second kappa shape index (κ2) is 4.47. The van der Waals surface area contributed by atoms with Crippen LogP contribution in [0.1, 0.15) is 5.69 Å². The first kappa shape index (κ1) is 10.2. The zero-order valence-corrected chi connectivity index (χ0v) is 9.84. The van der Waals surface area contributed by atoms with Gasteiger partial charge in [0.15, 0.2) is 0 Å². The van der Waals surface area contributed by atoms with Gasteiger partial charge in [0.2, 0.25) is 0 Å². The van der Waals surface area contributed by atoms with Gasteiger partial charge < -0.3 is 0 Å². The Balaban J connectivity index is 1.84. The Morgan fingerprint density at radius 3 is 2.82 bits per heavy atom. The Hall–Kier alpha value is -2.01. The highest BCUT2D eigenvalue weighted by atomic mass is 32.1. The summed E-state index contributed by atoms with van der Waals surface area (Å²) in [4.78, 5) is 4.59. The summed E-state index contributed by atoms with van der Waals surface area (Å²) in [5, 5.41) is 10.8. The number of rotatable bonds is 3. The lowest BCUT2D eigenvalue weighted by atomic mass is 10.2. The summed E-state index contributed by atoms with van der Waals surface area (Å²) < 4.78 is 1.77. The molecule has 0 fully saturated rings. The van der Waals surface area contributed by atoms with Crippen LogP contribution < -0.4 is 0 Å². The summed E-state index contributed by atoms with van der Waals surface area (Å²) in [6.07, 6.45) is 3.51. The zero-order chi connectivity index (χ0) is 11.5. The molecule has 5 heteroatoms. The number of hydrogen-bond acceptors (Lipinski definition) is 4. The van der Waals surface area contributed by atoms with E-state index >= 15 is 0 Å². The van der Waals surface area contributed by atoms with E-state index in [0.29, 0.717) is 6.54 Å². The highest BCUT2D eigenvalue weighted by Gasteiger charge is 2.04. The monoisotopic (exact) mass is 242 g/mol. The second-order valence-electron chi connectivity index (χ2n) is 3.61. The second-order valence-corrected chi connectivity index (χ2v) is 4.47. The van der Waals surface area contributed by atoms with E-state index in [-0.39, 0.29) is 0 Å². The predicted molar refractivity (Wildman–Crippen MR) is 66.7 cm³/mol. The van der Waals surface area contributed by atoms with Crippen molar-refractivity contribution in [2.75, 3.05) is 0 Å². The van der Waals surface area contributed by atoms with E-state index in [1.165, 1.54) is 0 Å². The molecule has 3 rings (SSSR count). The molecule has 1 aromatic carbocycles. The van der Waals surface area contributed by atoms with Crippen molar-refractivity contribution in [1.82, 2.24) is 20.0 Å². The molecule has 0 aliphatic carbocycles. The minimum absolute atomic E-state index is 0.670. The summed E-state index contributed by atoms with van der Waals surface area (Å²) in [6.45, 7) is 0.670. The smallest absolute Gasteiger partial charge is 0.123 e. The van der Waals surface area contributed by atoms with Gasteiger partial charge in [-0.05, 0) is 0 Å². The highest BCUT2D eigenvalue weighted by Crippen LogP contribution is 2.23. The Labute approximate surface area is 103 Å². The normalized spacial score (nSPS) is 10.6. The molecule has 4 nitrogen and oxygen atoms in total. The number of hydrogen-bond donors (Lipinski definition) is 0. The van der Waals surface area contributed by atoms with Crippen molar-refractivity contribution in [3.05, 3.63) is 53.8 Å². The van der Waals surface area contributed by atoms with Gasteiger partial charge in [-0.1, -0.05) is 35.5 Å². The van der Waals surface area contributed by atoms with Gasteiger partial charge in [-0.2, -0.15) is 0 Å². The van der Waals surface area contributed by atoms with Crippen LogP contribution in [0.2, 0.25) is 0 Å². The summed E-state index contributed by atoms with van der Waals surface area (Å²) in [5.41, 5.74) is 2.17. The zero-order valence-electron chi connectivity index (χ0n) is 9.02. The minimum Gasteiger partial charge on any atom is -0.247 e. The molecular weight excluding hydrogens is 232 g/mol. The van der Waals surface area contributed by atoms with Crippen LogP contribution in [0.5, 0.6) is 0 Å². The van der Waals surface area contributed by atoms with E-state index < -0.39 is 0 Å².